The Labute approximate surface area is 195 Å². The fourth-order valence-corrected chi connectivity index (χ4v) is 4.86. The topological polar surface area (TPSA) is 43.4 Å². The smallest absolute Gasteiger partial charge is 0.194 e. The summed E-state index contributed by atoms with van der Waals surface area (Å²) in [6.45, 7) is 9.70. The van der Waals surface area contributed by atoms with Crippen LogP contribution < -0.4 is 0 Å². The van der Waals surface area contributed by atoms with E-state index in [1.807, 2.05) is 52.0 Å². The predicted octanol–water partition coefficient (Wildman–Crippen LogP) is 6.85. The zero-order valence-electron chi connectivity index (χ0n) is 19.5. The van der Waals surface area contributed by atoms with E-state index < -0.39 is 11.2 Å². The van der Waals surface area contributed by atoms with Crippen LogP contribution >= 0.6 is 11.6 Å². The largest absolute Gasteiger partial charge is 0.357 e. The van der Waals surface area contributed by atoms with E-state index in [0.717, 1.165) is 47.1 Å². The second-order valence-corrected chi connectivity index (χ2v) is 10.4. The number of ketones is 2. The first kappa shape index (κ1) is 22.9. The Morgan fingerprint density at radius 2 is 1.62 bits per heavy atom. The summed E-state index contributed by atoms with van der Waals surface area (Å²) in [4.78, 5) is 26.6. The van der Waals surface area contributed by atoms with Crippen molar-refractivity contribution in [2.24, 2.45) is 5.92 Å². The molecule has 2 aromatic carbocycles. The maximum absolute atomic E-state index is 13.8. The molecule has 0 bridgehead atoms. The maximum Gasteiger partial charge on any atom is 0.194 e. The molecule has 1 aliphatic carbocycles. The van der Waals surface area contributed by atoms with Gasteiger partial charge in [-0.15, -0.1) is 0 Å². The summed E-state index contributed by atoms with van der Waals surface area (Å²) in [5, 5.41) is 0.686. The third kappa shape index (κ3) is 4.33. The van der Waals surface area contributed by atoms with Gasteiger partial charge in [0.2, 0.25) is 0 Å². The van der Waals surface area contributed by atoms with Gasteiger partial charge in [0.1, 0.15) is 11.4 Å². The third-order valence-corrected chi connectivity index (χ3v) is 6.89. The van der Waals surface area contributed by atoms with Crippen LogP contribution in [-0.4, -0.2) is 22.8 Å². The predicted molar refractivity (Wildman–Crippen MR) is 130 cm³/mol. The van der Waals surface area contributed by atoms with Crippen molar-refractivity contribution in [1.82, 2.24) is 0 Å². The molecule has 1 fully saturated rings. The van der Waals surface area contributed by atoms with Crippen molar-refractivity contribution < 1.29 is 14.3 Å². The van der Waals surface area contributed by atoms with E-state index >= 15 is 0 Å². The van der Waals surface area contributed by atoms with E-state index in [1.54, 1.807) is 0 Å². The highest BCUT2D eigenvalue weighted by Crippen LogP contribution is 2.45. The van der Waals surface area contributed by atoms with Gasteiger partial charge in [-0.05, 0) is 93.0 Å². The highest BCUT2D eigenvalue weighted by Gasteiger charge is 2.47. The molecule has 4 heteroatoms. The van der Waals surface area contributed by atoms with Gasteiger partial charge in [0.25, 0.3) is 0 Å². The Balaban J connectivity index is 1.93. The summed E-state index contributed by atoms with van der Waals surface area (Å²) in [5.41, 5.74) is 3.85. The molecule has 168 valence electrons. The molecule has 0 radical (unpaired) electrons. The first-order valence-electron chi connectivity index (χ1n) is 11.4. The van der Waals surface area contributed by atoms with Crippen molar-refractivity contribution in [3.8, 4) is 11.1 Å². The summed E-state index contributed by atoms with van der Waals surface area (Å²) in [6.07, 6.45) is 2.96. The standard InChI is InChI=1S/C28H31ClO3/c1-6-17-7-10-20(18-11-13-21(29)14-12-18)15-22(17)25-23(16-24(30)19-8-9-19)27(2,3)32-28(4,5)26(25)31/h7,10-15,19H,6,8-9,16H2,1-5H3. The van der Waals surface area contributed by atoms with Gasteiger partial charge in [0, 0.05) is 22.9 Å². The molecule has 0 atom stereocenters. The molecule has 1 saturated carbocycles. The fourth-order valence-electron chi connectivity index (χ4n) is 4.73. The van der Waals surface area contributed by atoms with Crippen LogP contribution in [0, 0.1) is 5.92 Å². The van der Waals surface area contributed by atoms with E-state index in [1.165, 1.54) is 0 Å². The number of Topliss-reactive ketones (excluding diaryl/α,β-unsaturated/α-hetero) is 2. The molecule has 0 amide bonds. The fraction of sp³-hybridized carbons (Fsp3) is 0.429. The van der Waals surface area contributed by atoms with E-state index in [0.29, 0.717) is 10.6 Å². The van der Waals surface area contributed by atoms with Crippen LogP contribution in [0.15, 0.2) is 48.0 Å². The molecule has 0 unspecified atom stereocenters. The summed E-state index contributed by atoms with van der Waals surface area (Å²) < 4.78 is 6.27. The van der Waals surface area contributed by atoms with Crippen LogP contribution in [0.3, 0.4) is 0 Å². The minimum absolute atomic E-state index is 0.0571. The second-order valence-electron chi connectivity index (χ2n) is 9.96. The first-order valence-corrected chi connectivity index (χ1v) is 11.8. The van der Waals surface area contributed by atoms with Gasteiger partial charge in [0.05, 0.1) is 5.60 Å². The van der Waals surface area contributed by atoms with E-state index in [2.05, 4.69) is 25.1 Å². The van der Waals surface area contributed by atoms with Gasteiger partial charge in [-0.1, -0.05) is 42.8 Å². The van der Waals surface area contributed by atoms with Crippen molar-refractivity contribution in [2.45, 2.75) is 71.5 Å². The number of carbonyl (C=O) groups excluding carboxylic acids is 2. The van der Waals surface area contributed by atoms with Gasteiger partial charge in [-0.25, -0.2) is 0 Å². The first-order chi connectivity index (χ1) is 15.0. The Hall–Kier alpha value is -2.23. The quantitative estimate of drug-likeness (QED) is 0.483. The number of aryl methyl sites for hydroxylation is 1. The number of hydrogen-bond acceptors (Lipinski definition) is 3. The lowest BCUT2D eigenvalue weighted by atomic mass is 9.75. The molecule has 1 aliphatic heterocycles. The highest BCUT2D eigenvalue weighted by molar-refractivity contribution is 6.30. The second kappa shape index (κ2) is 8.28. The summed E-state index contributed by atoms with van der Waals surface area (Å²) >= 11 is 6.08. The number of benzene rings is 2. The SMILES string of the molecule is CCc1ccc(-c2ccc(Cl)cc2)cc1C1=C(CC(=O)C2CC2)C(C)(C)OC(C)(C)C1=O. The van der Waals surface area contributed by atoms with Crippen molar-refractivity contribution >= 4 is 28.7 Å². The van der Waals surface area contributed by atoms with Gasteiger partial charge in [-0.2, -0.15) is 0 Å². The number of ether oxygens (including phenoxy) is 1. The monoisotopic (exact) mass is 450 g/mol. The van der Waals surface area contributed by atoms with Crippen molar-refractivity contribution in [3.05, 3.63) is 64.2 Å². The third-order valence-electron chi connectivity index (χ3n) is 6.63. The molecule has 0 saturated heterocycles. The van der Waals surface area contributed by atoms with E-state index in [-0.39, 0.29) is 23.9 Å². The number of carbonyl (C=O) groups is 2. The average molecular weight is 451 g/mol. The van der Waals surface area contributed by atoms with Crippen LogP contribution in [0.4, 0.5) is 0 Å². The molecule has 2 aromatic rings. The van der Waals surface area contributed by atoms with Crippen molar-refractivity contribution in [3.63, 3.8) is 0 Å². The van der Waals surface area contributed by atoms with E-state index in [9.17, 15) is 9.59 Å². The molecule has 0 aromatic heterocycles. The molecular weight excluding hydrogens is 420 g/mol. The lowest BCUT2D eigenvalue weighted by Gasteiger charge is -2.43. The van der Waals surface area contributed by atoms with E-state index in [4.69, 9.17) is 16.3 Å². The van der Waals surface area contributed by atoms with Gasteiger partial charge >= 0.3 is 0 Å². The Morgan fingerprint density at radius 1 is 1.00 bits per heavy atom. The van der Waals surface area contributed by atoms with Gasteiger partial charge < -0.3 is 4.74 Å². The summed E-state index contributed by atoms with van der Waals surface area (Å²) in [6, 6.07) is 14.0. The number of halogens is 1. The highest BCUT2D eigenvalue weighted by atomic mass is 35.5. The average Bonchev–Trinajstić information content (AvgIpc) is 3.57. The minimum Gasteiger partial charge on any atom is -0.357 e. The zero-order valence-corrected chi connectivity index (χ0v) is 20.3. The molecule has 32 heavy (non-hydrogen) atoms. The minimum atomic E-state index is -0.966. The zero-order chi connectivity index (χ0) is 23.3. The normalized spacial score (nSPS) is 19.9. The Morgan fingerprint density at radius 3 is 2.22 bits per heavy atom. The summed E-state index contributed by atoms with van der Waals surface area (Å²) in [5.74, 6) is 0.294. The molecule has 2 aliphatic rings. The molecule has 4 rings (SSSR count). The molecule has 1 heterocycles. The lowest BCUT2D eigenvalue weighted by molar-refractivity contribution is -0.153. The van der Waals surface area contributed by atoms with Crippen molar-refractivity contribution in [2.75, 3.05) is 0 Å². The Kier molecular flexibility index (Phi) is 5.94. The van der Waals surface area contributed by atoms with Gasteiger partial charge in [0.15, 0.2) is 5.78 Å². The van der Waals surface area contributed by atoms with Crippen LogP contribution in [-0.2, 0) is 20.7 Å². The molecule has 0 spiro atoms. The number of hydrogen-bond donors (Lipinski definition) is 0. The Bertz CT molecular complexity index is 1100. The van der Waals surface area contributed by atoms with Crippen LogP contribution in [0.25, 0.3) is 16.7 Å². The number of rotatable bonds is 6. The maximum atomic E-state index is 13.8. The van der Waals surface area contributed by atoms with Crippen LogP contribution in [0.1, 0.15) is 65.0 Å². The van der Waals surface area contributed by atoms with Crippen molar-refractivity contribution in [1.29, 1.82) is 0 Å². The molecule has 3 nitrogen and oxygen atoms in total. The molecule has 0 N–H and O–H groups in total. The summed E-state index contributed by atoms with van der Waals surface area (Å²) in [7, 11) is 0. The molecular formula is C28H31ClO3. The van der Waals surface area contributed by atoms with Gasteiger partial charge in [-0.3, -0.25) is 9.59 Å². The van der Waals surface area contributed by atoms with Crippen LogP contribution in [0.5, 0.6) is 0 Å². The van der Waals surface area contributed by atoms with Crippen LogP contribution in [0.2, 0.25) is 5.02 Å². The lowest BCUT2D eigenvalue weighted by Crippen LogP contribution is -2.50.